The Kier molecular flexibility index (Phi) is 16.9. The minimum atomic E-state index is 1.00. The van der Waals surface area contributed by atoms with Crippen LogP contribution in [0.2, 0.25) is 0 Å². The lowest BCUT2D eigenvalue weighted by atomic mass is 9.97. The molecule has 23 heavy (non-hydrogen) atoms. The first-order valence-electron chi connectivity index (χ1n) is 9.78. The Hall–Kier alpha value is -0.820. The average molecular weight is 321 g/mol. The van der Waals surface area contributed by atoms with E-state index in [1.54, 1.807) is 5.57 Å². The highest BCUT2D eigenvalue weighted by Gasteiger charge is 2.13. The molecule has 1 heteroatoms. The predicted molar refractivity (Wildman–Crippen MR) is 105 cm³/mol. The molecule has 1 fully saturated rings. The Bertz CT molecular complexity index is 319. The summed E-state index contributed by atoms with van der Waals surface area (Å²) in [5.74, 6) is 1.09. The topological polar surface area (TPSA) is 20.2 Å². The Morgan fingerprint density at radius 1 is 1.09 bits per heavy atom. The lowest BCUT2D eigenvalue weighted by Gasteiger charge is -2.09. The largest absolute Gasteiger partial charge is 0.400 e. The van der Waals surface area contributed by atoms with E-state index in [4.69, 9.17) is 5.11 Å². The van der Waals surface area contributed by atoms with E-state index in [-0.39, 0.29) is 0 Å². The van der Waals surface area contributed by atoms with Gasteiger partial charge < -0.3 is 5.11 Å². The molecular formula is C22H40O. The molecule has 0 unspecified atom stereocenters. The molecule has 0 saturated heterocycles. The molecule has 2 rings (SSSR count). The molecule has 2 aliphatic rings. The van der Waals surface area contributed by atoms with Gasteiger partial charge in [0.05, 0.1) is 0 Å². The highest BCUT2D eigenvalue weighted by Crippen LogP contribution is 2.29. The lowest BCUT2D eigenvalue weighted by Crippen LogP contribution is -1.93. The van der Waals surface area contributed by atoms with Gasteiger partial charge in [-0.1, -0.05) is 87.8 Å². The van der Waals surface area contributed by atoms with Crippen molar-refractivity contribution in [1.29, 1.82) is 0 Å². The summed E-state index contributed by atoms with van der Waals surface area (Å²) >= 11 is 0. The smallest absolute Gasteiger partial charge is 0.0319 e. The Balaban J connectivity index is 0.000000594. The molecule has 2 aliphatic carbocycles. The summed E-state index contributed by atoms with van der Waals surface area (Å²) in [4.78, 5) is 0. The van der Waals surface area contributed by atoms with E-state index in [2.05, 4.69) is 37.3 Å². The number of aliphatic hydroxyl groups is 1. The third kappa shape index (κ3) is 13.3. The van der Waals surface area contributed by atoms with Gasteiger partial charge in [-0.15, -0.1) is 0 Å². The van der Waals surface area contributed by atoms with Crippen molar-refractivity contribution in [2.75, 3.05) is 7.11 Å². The molecule has 0 aromatic carbocycles. The fraction of sp³-hybridized carbons (Fsp3) is 0.727. The van der Waals surface area contributed by atoms with Crippen molar-refractivity contribution < 1.29 is 5.11 Å². The lowest BCUT2D eigenvalue weighted by molar-refractivity contribution is 0.399. The molecular weight excluding hydrogens is 280 g/mol. The molecule has 0 heterocycles. The second kappa shape index (κ2) is 17.5. The molecule has 0 aromatic rings. The Morgan fingerprint density at radius 3 is 2.35 bits per heavy atom. The number of aliphatic hydroxyl groups excluding tert-OH is 1. The Morgan fingerprint density at radius 2 is 1.83 bits per heavy atom. The van der Waals surface area contributed by atoms with E-state index >= 15 is 0 Å². The van der Waals surface area contributed by atoms with Crippen molar-refractivity contribution in [1.82, 2.24) is 0 Å². The maximum atomic E-state index is 7.00. The van der Waals surface area contributed by atoms with E-state index in [1.165, 1.54) is 70.6 Å². The monoisotopic (exact) mass is 320 g/mol. The standard InChI is InChI=1S/C16H26.C5H10.CH4O/c1-3-9-15(10-4-1)11-5-2-6-12-16-13-7-8-14-16;1-3-5-4-2;1-2/h3,9-10,16H,1-2,4-8,11-14H2;3,5H,4H2,1-2H3;2H,1H3/b;5-3-;. The van der Waals surface area contributed by atoms with Crippen molar-refractivity contribution >= 4 is 0 Å². The zero-order valence-corrected chi connectivity index (χ0v) is 15.9. The van der Waals surface area contributed by atoms with Crippen molar-refractivity contribution in [3.63, 3.8) is 0 Å². The van der Waals surface area contributed by atoms with Gasteiger partial charge in [0.15, 0.2) is 0 Å². The van der Waals surface area contributed by atoms with Crippen molar-refractivity contribution in [2.24, 2.45) is 5.92 Å². The maximum absolute atomic E-state index is 7.00. The van der Waals surface area contributed by atoms with E-state index in [0.29, 0.717) is 0 Å². The first-order chi connectivity index (χ1) is 11.4. The number of allylic oxidation sites excluding steroid dienone is 6. The maximum Gasteiger partial charge on any atom is 0.0319 e. The second-order valence-electron chi connectivity index (χ2n) is 6.49. The summed E-state index contributed by atoms with van der Waals surface area (Å²) in [6.07, 6.45) is 28.2. The molecule has 0 aromatic heterocycles. The van der Waals surface area contributed by atoms with Crippen LogP contribution in [0.25, 0.3) is 0 Å². The minimum Gasteiger partial charge on any atom is -0.400 e. The second-order valence-corrected chi connectivity index (χ2v) is 6.49. The molecule has 0 amide bonds. The van der Waals surface area contributed by atoms with E-state index in [0.717, 1.165) is 19.4 Å². The fourth-order valence-electron chi connectivity index (χ4n) is 3.33. The first-order valence-corrected chi connectivity index (χ1v) is 9.78. The fourth-order valence-corrected chi connectivity index (χ4v) is 3.33. The van der Waals surface area contributed by atoms with Gasteiger partial charge in [0.2, 0.25) is 0 Å². The van der Waals surface area contributed by atoms with E-state index in [9.17, 15) is 0 Å². The van der Waals surface area contributed by atoms with E-state index in [1.807, 2.05) is 6.92 Å². The van der Waals surface area contributed by atoms with Crippen LogP contribution >= 0.6 is 0 Å². The highest BCUT2D eigenvalue weighted by molar-refractivity contribution is 5.21. The van der Waals surface area contributed by atoms with Crippen LogP contribution in [0, 0.1) is 5.92 Å². The summed E-state index contributed by atoms with van der Waals surface area (Å²) in [6, 6.07) is 0. The third-order valence-electron chi connectivity index (χ3n) is 4.60. The molecule has 0 bridgehead atoms. The van der Waals surface area contributed by atoms with Crippen molar-refractivity contribution in [2.45, 2.75) is 90.9 Å². The third-order valence-corrected chi connectivity index (χ3v) is 4.60. The van der Waals surface area contributed by atoms with Crippen LogP contribution in [0.5, 0.6) is 0 Å². The summed E-state index contributed by atoms with van der Waals surface area (Å²) in [7, 11) is 1.00. The van der Waals surface area contributed by atoms with Gasteiger partial charge >= 0.3 is 0 Å². The van der Waals surface area contributed by atoms with Gasteiger partial charge in [0, 0.05) is 7.11 Å². The molecule has 1 saturated carbocycles. The van der Waals surface area contributed by atoms with Crippen LogP contribution in [0.15, 0.2) is 36.0 Å². The number of hydrogen-bond acceptors (Lipinski definition) is 1. The molecule has 1 N–H and O–H groups in total. The van der Waals surface area contributed by atoms with Crippen LogP contribution < -0.4 is 0 Å². The molecule has 0 atom stereocenters. The molecule has 0 radical (unpaired) electrons. The average Bonchev–Trinajstić information content (AvgIpc) is 3.12. The quantitative estimate of drug-likeness (QED) is 0.396. The van der Waals surface area contributed by atoms with Gasteiger partial charge in [0.1, 0.15) is 0 Å². The van der Waals surface area contributed by atoms with Gasteiger partial charge in [0.25, 0.3) is 0 Å². The SMILES string of the molecule is C/C=C\CC.C1=CC(CCCCCC2CCCC2)=CCC1.CO. The van der Waals surface area contributed by atoms with Gasteiger partial charge in [-0.3, -0.25) is 0 Å². The Labute approximate surface area is 145 Å². The van der Waals surface area contributed by atoms with Gasteiger partial charge in [-0.05, 0) is 44.9 Å². The van der Waals surface area contributed by atoms with Crippen LogP contribution in [0.1, 0.15) is 90.9 Å². The number of hydrogen-bond donors (Lipinski definition) is 1. The summed E-state index contributed by atoms with van der Waals surface area (Å²) in [5.41, 5.74) is 1.59. The van der Waals surface area contributed by atoms with Crippen LogP contribution in [-0.4, -0.2) is 12.2 Å². The molecule has 134 valence electrons. The highest BCUT2D eigenvalue weighted by atomic mass is 16.2. The minimum absolute atomic E-state index is 1.00. The molecule has 0 aliphatic heterocycles. The summed E-state index contributed by atoms with van der Waals surface area (Å²) in [5, 5.41) is 7.00. The first kappa shape index (κ1) is 22.2. The van der Waals surface area contributed by atoms with E-state index < -0.39 is 0 Å². The van der Waals surface area contributed by atoms with Crippen LogP contribution in [0.4, 0.5) is 0 Å². The van der Waals surface area contributed by atoms with Crippen LogP contribution in [-0.2, 0) is 0 Å². The number of unbranched alkanes of at least 4 members (excludes halogenated alkanes) is 2. The van der Waals surface area contributed by atoms with Crippen molar-refractivity contribution in [3.05, 3.63) is 36.0 Å². The molecule has 1 nitrogen and oxygen atoms in total. The number of rotatable bonds is 7. The summed E-state index contributed by atoms with van der Waals surface area (Å²) in [6.45, 7) is 4.16. The summed E-state index contributed by atoms with van der Waals surface area (Å²) < 4.78 is 0. The normalized spacial score (nSPS) is 17.3. The zero-order chi connectivity index (χ0) is 17.2. The van der Waals surface area contributed by atoms with Gasteiger partial charge in [-0.2, -0.15) is 0 Å². The molecule has 0 spiro atoms. The zero-order valence-electron chi connectivity index (χ0n) is 15.9. The van der Waals surface area contributed by atoms with Crippen LogP contribution in [0.3, 0.4) is 0 Å². The predicted octanol–water partition coefficient (Wildman–Crippen LogP) is 6.98. The van der Waals surface area contributed by atoms with Crippen molar-refractivity contribution in [3.8, 4) is 0 Å². The van der Waals surface area contributed by atoms with Gasteiger partial charge in [-0.25, -0.2) is 0 Å².